The predicted molar refractivity (Wildman–Crippen MR) is 48.7 cm³/mol. The van der Waals surface area contributed by atoms with Crippen LogP contribution in [0.4, 0.5) is 0 Å². The van der Waals surface area contributed by atoms with Crippen molar-refractivity contribution < 1.29 is 15.3 Å². The molecule has 0 saturated carbocycles. The highest BCUT2D eigenvalue weighted by atomic mass is 16.3. The lowest BCUT2D eigenvalue weighted by Gasteiger charge is -2.10. The summed E-state index contributed by atoms with van der Waals surface area (Å²) in [6.45, 7) is 1.89. The third-order valence-corrected chi connectivity index (χ3v) is 1.96. The van der Waals surface area contributed by atoms with Crippen molar-refractivity contribution in [3.63, 3.8) is 0 Å². The van der Waals surface area contributed by atoms with Gasteiger partial charge < -0.3 is 21.1 Å². The van der Waals surface area contributed by atoms with Gasteiger partial charge in [-0.3, -0.25) is 0 Å². The van der Waals surface area contributed by atoms with Gasteiger partial charge in [0.15, 0.2) is 17.2 Å². The third-order valence-electron chi connectivity index (χ3n) is 1.96. The molecule has 0 amide bonds. The SMILES string of the molecule is CC[C@@H](N)c1cc(O)c(O)c(O)c1. The van der Waals surface area contributed by atoms with Crippen LogP contribution in [0.3, 0.4) is 0 Å². The van der Waals surface area contributed by atoms with Gasteiger partial charge in [0.1, 0.15) is 0 Å². The minimum absolute atomic E-state index is 0.239. The molecule has 4 nitrogen and oxygen atoms in total. The Labute approximate surface area is 76.2 Å². The summed E-state index contributed by atoms with van der Waals surface area (Å²) in [7, 11) is 0. The molecule has 0 heterocycles. The van der Waals surface area contributed by atoms with Crippen LogP contribution in [0.2, 0.25) is 0 Å². The molecule has 13 heavy (non-hydrogen) atoms. The molecule has 0 bridgehead atoms. The van der Waals surface area contributed by atoms with Gasteiger partial charge in [0.25, 0.3) is 0 Å². The van der Waals surface area contributed by atoms with E-state index in [1.807, 2.05) is 6.92 Å². The molecule has 0 fully saturated rings. The Hall–Kier alpha value is -1.42. The smallest absolute Gasteiger partial charge is 0.200 e. The fourth-order valence-corrected chi connectivity index (χ4v) is 1.08. The van der Waals surface area contributed by atoms with Crippen molar-refractivity contribution in [2.75, 3.05) is 0 Å². The van der Waals surface area contributed by atoms with Crippen LogP contribution in [0, 0.1) is 0 Å². The summed E-state index contributed by atoms with van der Waals surface area (Å²) >= 11 is 0. The number of benzene rings is 1. The lowest BCUT2D eigenvalue weighted by atomic mass is 10.0. The Morgan fingerprint density at radius 2 is 1.69 bits per heavy atom. The van der Waals surface area contributed by atoms with Gasteiger partial charge in [-0.05, 0) is 24.1 Å². The molecule has 4 heteroatoms. The molecule has 0 spiro atoms. The lowest BCUT2D eigenvalue weighted by Crippen LogP contribution is -2.08. The summed E-state index contributed by atoms with van der Waals surface area (Å²) in [5, 5.41) is 27.4. The largest absolute Gasteiger partial charge is 0.504 e. The van der Waals surface area contributed by atoms with Crippen LogP contribution >= 0.6 is 0 Å². The molecule has 1 rings (SSSR count). The highest BCUT2D eigenvalue weighted by Crippen LogP contribution is 2.37. The number of phenols is 3. The average Bonchev–Trinajstić information content (AvgIpc) is 2.12. The lowest BCUT2D eigenvalue weighted by molar-refractivity contribution is 0.366. The van der Waals surface area contributed by atoms with Crippen LogP contribution in [-0.4, -0.2) is 15.3 Å². The number of hydrogen-bond donors (Lipinski definition) is 4. The molecular weight excluding hydrogens is 170 g/mol. The molecular formula is C9H13NO3. The van der Waals surface area contributed by atoms with E-state index in [0.29, 0.717) is 12.0 Å². The molecule has 0 radical (unpaired) electrons. The second-order valence-corrected chi connectivity index (χ2v) is 2.92. The van der Waals surface area contributed by atoms with Gasteiger partial charge in [0.2, 0.25) is 0 Å². The molecule has 1 aromatic rings. The van der Waals surface area contributed by atoms with E-state index in [4.69, 9.17) is 21.1 Å². The number of hydrogen-bond acceptors (Lipinski definition) is 4. The van der Waals surface area contributed by atoms with E-state index >= 15 is 0 Å². The second kappa shape index (κ2) is 3.53. The van der Waals surface area contributed by atoms with E-state index < -0.39 is 5.75 Å². The maximum Gasteiger partial charge on any atom is 0.200 e. The third kappa shape index (κ3) is 1.84. The first-order valence-corrected chi connectivity index (χ1v) is 4.06. The van der Waals surface area contributed by atoms with Gasteiger partial charge in [-0.1, -0.05) is 6.92 Å². The minimum atomic E-state index is -0.507. The van der Waals surface area contributed by atoms with E-state index in [2.05, 4.69) is 0 Å². The van der Waals surface area contributed by atoms with Crippen LogP contribution in [-0.2, 0) is 0 Å². The molecule has 1 aromatic carbocycles. The zero-order valence-electron chi connectivity index (χ0n) is 7.36. The van der Waals surface area contributed by atoms with Gasteiger partial charge in [0.05, 0.1) is 0 Å². The fourth-order valence-electron chi connectivity index (χ4n) is 1.08. The minimum Gasteiger partial charge on any atom is -0.504 e. The fraction of sp³-hybridized carbons (Fsp3) is 0.333. The molecule has 72 valence electrons. The maximum atomic E-state index is 9.16. The van der Waals surface area contributed by atoms with Crippen LogP contribution < -0.4 is 5.73 Å². The van der Waals surface area contributed by atoms with Crippen molar-refractivity contribution >= 4 is 0 Å². The van der Waals surface area contributed by atoms with Crippen LogP contribution in [0.1, 0.15) is 24.9 Å². The molecule has 0 aromatic heterocycles. The molecule has 0 saturated heterocycles. The first-order chi connectivity index (χ1) is 6.06. The van der Waals surface area contributed by atoms with Crippen molar-refractivity contribution in [2.24, 2.45) is 5.73 Å². The van der Waals surface area contributed by atoms with Crippen molar-refractivity contribution in [3.05, 3.63) is 17.7 Å². The Kier molecular flexibility index (Phi) is 2.63. The average molecular weight is 183 g/mol. The van der Waals surface area contributed by atoms with Crippen LogP contribution in [0.15, 0.2) is 12.1 Å². The van der Waals surface area contributed by atoms with Crippen molar-refractivity contribution in [3.8, 4) is 17.2 Å². The van der Waals surface area contributed by atoms with E-state index in [9.17, 15) is 0 Å². The molecule has 0 aliphatic heterocycles. The standard InChI is InChI=1S/C9H13NO3/c1-2-6(10)5-3-7(11)9(13)8(12)4-5/h3-4,6,11-13H,2,10H2,1H3/t6-/m1/s1. The molecule has 1 atom stereocenters. The summed E-state index contributed by atoms with van der Waals surface area (Å²) in [6, 6.07) is 2.46. The van der Waals surface area contributed by atoms with E-state index in [1.165, 1.54) is 12.1 Å². The number of rotatable bonds is 2. The summed E-state index contributed by atoms with van der Waals surface area (Å²) in [5.41, 5.74) is 6.29. The Morgan fingerprint density at radius 1 is 1.23 bits per heavy atom. The summed E-state index contributed by atoms with van der Waals surface area (Å²) in [5.74, 6) is -1.20. The summed E-state index contributed by atoms with van der Waals surface area (Å²) in [4.78, 5) is 0. The van der Waals surface area contributed by atoms with E-state index in [-0.39, 0.29) is 17.5 Å². The zero-order chi connectivity index (χ0) is 10.0. The zero-order valence-corrected chi connectivity index (χ0v) is 7.36. The number of aromatic hydroxyl groups is 3. The van der Waals surface area contributed by atoms with Gasteiger partial charge in [-0.25, -0.2) is 0 Å². The van der Waals surface area contributed by atoms with Crippen molar-refractivity contribution in [2.45, 2.75) is 19.4 Å². The Morgan fingerprint density at radius 3 is 2.08 bits per heavy atom. The van der Waals surface area contributed by atoms with Gasteiger partial charge >= 0.3 is 0 Å². The van der Waals surface area contributed by atoms with Gasteiger partial charge in [-0.15, -0.1) is 0 Å². The molecule has 0 aliphatic rings. The number of nitrogens with two attached hydrogens (primary N) is 1. The molecule has 5 N–H and O–H groups in total. The predicted octanol–water partition coefficient (Wildman–Crippen LogP) is 1.21. The Balaban J connectivity index is 3.13. The normalized spacial score (nSPS) is 12.8. The summed E-state index contributed by atoms with van der Waals surface area (Å²) in [6.07, 6.45) is 0.698. The van der Waals surface area contributed by atoms with Crippen molar-refractivity contribution in [1.29, 1.82) is 0 Å². The topological polar surface area (TPSA) is 86.7 Å². The first-order valence-electron chi connectivity index (χ1n) is 4.06. The van der Waals surface area contributed by atoms with Gasteiger partial charge in [-0.2, -0.15) is 0 Å². The monoisotopic (exact) mass is 183 g/mol. The van der Waals surface area contributed by atoms with E-state index in [1.54, 1.807) is 0 Å². The van der Waals surface area contributed by atoms with Crippen LogP contribution in [0.5, 0.6) is 17.2 Å². The highest BCUT2D eigenvalue weighted by Gasteiger charge is 2.11. The second-order valence-electron chi connectivity index (χ2n) is 2.92. The molecule has 0 unspecified atom stereocenters. The maximum absolute atomic E-state index is 9.16. The Bertz CT molecular complexity index is 289. The first kappa shape index (κ1) is 9.67. The van der Waals surface area contributed by atoms with E-state index in [0.717, 1.165) is 0 Å². The highest BCUT2D eigenvalue weighted by molar-refractivity contribution is 5.51. The quantitative estimate of drug-likeness (QED) is 0.519. The summed E-state index contributed by atoms with van der Waals surface area (Å²) < 4.78 is 0. The van der Waals surface area contributed by atoms with Gasteiger partial charge in [0, 0.05) is 6.04 Å². The molecule has 0 aliphatic carbocycles. The number of phenolic OH excluding ortho intramolecular Hbond substituents is 3. The van der Waals surface area contributed by atoms with Crippen LogP contribution in [0.25, 0.3) is 0 Å². The van der Waals surface area contributed by atoms with Crippen molar-refractivity contribution in [1.82, 2.24) is 0 Å².